The van der Waals surface area contributed by atoms with Gasteiger partial charge in [0.15, 0.2) is 0 Å². The van der Waals surface area contributed by atoms with Gasteiger partial charge in [-0.25, -0.2) is 0 Å². The third-order valence-electron chi connectivity index (χ3n) is 7.14. The van der Waals surface area contributed by atoms with Crippen LogP contribution in [0.2, 0.25) is 0 Å². The van der Waals surface area contributed by atoms with Gasteiger partial charge in [-0.1, -0.05) is 25.5 Å². The number of ether oxygens (including phenoxy) is 2. The molecule has 3 rings (SSSR count). The molecule has 188 valence electrons. The van der Waals surface area contributed by atoms with Gasteiger partial charge in [0.05, 0.1) is 13.2 Å². The van der Waals surface area contributed by atoms with Crippen molar-refractivity contribution in [2.45, 2.75) is 90.7 Å². The number of rotatable bonds is 10. The fourth-order valence-corrected chi connectivity index (χ4v) is 5.68. The highest BCUT2D eigenvalue weighted by Gasteiger charge is 2.24. The summed E-state index contributed by atoms with van der Waals surface area (Å²) in [4.78, 5) is 1.13. The lowest BCUT2D eigenvalue weighted by molar-refractivity contribution is 0.0494. The van der Waals surface area contributed by atoms with Gasteiger partial charge in [-0.15, -0.1) is 0 Å². The van der Waals surface area contributed by atoms with Crippen molar-refractivity contribution in [2.75, 3.05) is 19.8 Å². The topological polar surface area (TPSA) is 41.9 Å². The Morgan fingerprint density at radius 2 is 1.97 bits per heavy atom. The van der Waals surface area contributed by atoms with Gasteiger partial charge < -0.3 is 18.9 Å². The average Bonchev–Trinajstić information content (AvgIpc) is 2.87. The normalized spacial score (nSPS) is 20.8. The fraction of sp³-hybridized carbons (Fsp3) is 0.586. The zero-order valence-corrected chi connectivity index (χ0v) is 22.5. The molecular weight excluding hydrogens is 442 g/mol. The van der Waals surface area contributed by atoms with E-state index in [0.717, 1.165) is 67.9 Å². The minimum atomic E-state index is -0.0182. The summed E-state index contributed by atoms with van der Waals surface area (Å²) in [6.07, 6.45) is 11.2. The highest BCUT2D eigenvalue weighted by atomic mass is 32.2. The average molecular weight is 486 g/mol. The minimum Gasteiger partial charge on any atom is -0.493 e. The summed E-state index contributed by atoms with van der Waals surface area (Å²) in [6, 6.07) is 6.67. The molecule has 1 N–H and O–H groups in total. The lowest BCUT2D eigenvalue weighted by Crippen LogP contribution is -2.30. The number of nitrogens with zero attached hydrogens (tertiary/aromatic N) is 1. The van der Waals surface area contributed by atoms with E-state index in [1.165, 1.54) is 22.4 Å². The quantitative estimate of drug-likeness (QED) is 0.275. The number of aliphatic hydroxyl groups excluding tert-OH is 1. The van der Waals surface area contributed by atoms with Gasteiger partial charge in [-0.3, -0.25) is 0 Å². The monoisotopic (exact) mass is 485 g/mol. The highest BCUT2D eigenvalue weighted by molar-refractivity contribution is 7.97. The van der Waals surface area contributed by atoms with Crippen molar-refractivity contribution in [1.29, 1.82) is 0 Å². The molecule has 1 unspecified atom stereocenters. The highest BCUT2D eigenvalue weighted by Crippen LogP contribution is 2.38. The Balaban J connectivity index is 1.76. The first-order chi connectivity index (χ1) is 16.5. The standard InChI is InChI=1S/C29H43NO3S/c1-6-21(3)25(7-2)10-12-28-22(4)8-9-23(5)30(28)34-27-11-13-29(26(18-27)19-31)33-20-24-14-16-32-17-15-24/h10-13,18,23-24,31H,6-9,14-17,19-20H2,1-5H3/b12-10-,25-21+. The van der Waals surface area contributed by atoms with Crippen molar-refractivity contribution in [1.82, 2.24) is 4.31 Å². The molecule has 0 spiro atoms. The van der Waals surface area contributed by atoms with Gasteiger partial charge in [0.2, 0.25) is 0 Å². The maximum Gasteiger partial charge on any atom is 0.124 e. The van der Waals surface area contributed by atoms with Gasteiger partial charge >= 0.3 is 0 Å². The molecule has 5 heteroatoms. The number of aliphatic hydroxyl groups is 1. The molecule has 2 aliphatic rings. The first-order valence-electron chi connectivity index (χ1n) is 12.9. The van der Waals surface area contributed by atoms with Gasteiger partial charge in [0, 0.05) is 35.4 Å². The van der Waals surface area contributed by atoms with Crippen LogP contribution in [0.1, 0.15) is 78.7 Å². The van der Waals surface area contributed by atoms with Crippen LogP contribution in [0.3, 0.4) is 0 Å². The second-order valence-electron chi connectivity index (χ2n) is 9.61. The molecule has 1 aromatic carbocycles. The first kappa shape index (κ1) is 26.9. The van der Waals surface area contributed by atoms with Crippen molar-refractivity contribution in [2.24, 2.45) is 5.92 Å². The number of hydrogen-bond donors (Lipinski definition) is 1. The van der Waals surface area contributed by atoms with Crippen molar-refractivity contribution in [3.63, 3.8) is 0 Å². The molecule has 1 aromatic rings. The molecule has 0 saturated carbocycles. The van der Waals surface area contributed by atoms with Crippen LogP contribution in [0, 0.1) is 5.92 Å². The molecule has 0 radical (unpaired) electrons. The zero-order valence-electron chi connectivity index (χ0n) is 21.7. The lowest BCUT2D eigenvalue weighted by atomic mass is 9.98. The summed E-state index contributed by atoms with van der Waals surface area (Å²) in [6.45, 7) is 13.6. The number of allylic oxidation sites excluding steroid dienone is 5. The van der Waals surface area contributed by atoms with Gasteiger partial charge in [0.25, 0.3) is 0 Å². The van der Waals surface area contributed by atoms with E-state index < -0.39 is 0 Å². The molecule has 34 heavy (non-hydrogen) atoms. The van der Waals surface area contributed by atoms with Gasteiger partial charge in [-0.05, 0) is 113 Å². The third-order valence-corrected chi connectivity index (χ3v) is 8.35. The Morgan fingerprint density at radius 3 is 2.65 bits per heavy atom. The van der Waals surface area contributed by atoms with E-state index in [0.29, 0.717) is 18.6 Å². The van der Waals surface area contributed by atoms with Crippen LogP contribution in [0.4, 0.5) is 0 Å². The number of benzene rings is 1. The van der Waals surface area contributed by atoms with Crippen molar-refractivity contribution in [3.05, 3.63) is 58.3 Å². The van der Waals surface area contributed by atoms with Gasteiger partial charge in [0.1, 0.15) is 5.75 Å². The maximum atomic E-state index is 10.0. The zero-order chi connectivity index (χ0) is 24.5. The molecule has 4 nitrogen and oxygen atoms in total. The van der Waals surface area contributed by atoms with E-state index in [-0.39, 0.29) is 6.61 Å². The van der Waals surface area contributed by atoms with Crippen molar-refractivity contribution in [3.8, 4) is 5.75 Å². The van der Waals surface area contributed by atoms with Crippen LogP contribution in [-0.2, 0) is 11.3 Å². The molecule has 0 amide bonds. The molecule has 1 saturated heterocycles. The van der Waals surface area contributed by atoms with Crippen LogP contribution in [0.25, 0.3) is 0 Å². The SMILES string of the molecule is CC/C(C)=C(/C=C\C1=C(C)CCC(C)N1Sc1ccc(OCC2CCOCC2)c(CO)c1)CC. The van der Waals surface area contributed by atoms with E-state index in [9.17, 15) is 5.11 Å². The maximum absolute atomic E-state index is 10.0. The predicted molar refractivity (Wildman–Crippen MR) is 143 cm³/mol. The predicted octanol–water partition coefficient (Wildman–Crippen LogP) is 7.44. The smallest absolute Gasteiger partial charge is 0.124 e. The third kappa shape index (κ3) is 7.16. The Hall–Kier alpha value is -1.69. The van der Waals surface area contributed by atoms with E-state index in [4.69, 9.17) is 9.47 Å². The Bertz CT molecular complexity index is 899. The fourth-order valence-electron chi connectivity index (χ4n) is 4.53. The first-order valence-corrected chi connectivity index (χ1v) is 13.7. The van der Waals surface area contributed by atoms with Crippen LogP contribution < -0.4 is 4.74 Å². The van der Waals surface area contributed by atoms with Crippen LogP contribution >= 0.6 is 11.9 Å². The van der Waals surface area contributed by atoms with Crippen molar-refractivity contribution < 1.29 is 14.6 Å². The summed E-state index contributed by atoms with van der Waals surface area (Å²) in [5.41, 5.74) is 6.49. The van der Waals surface area contributed by atoms with E-state index >= 15 is 0 Å². The molecule has 1 fully saturated rings. The second kappa shape index (κ2) is 13.4. The molecular formula is C29H43NO3S. The van der Waals surface area contributed by atoms with Crippen LogP contribution in [0.5, 0.6) is 5.75 Å². The van der Waals surface area contributed by atoms with E-state index in [1.54, 1.807) is 11.9 Å². The van der Waals surface area contributed by atoms with Gasteiger partial charge in [-0.2, -0.15) is 0 Å². The van der Waals surface area contributed by atoms with E-state index in [2.05, 4.69) is 63.2 Å². The second-order valence-corrected chi connectivity index (χ2v) is 10.7. The summed E-state index contributed by atoms with van der Waals surface area (Å²) in [5, 5.41) is 10.0. The molecule has 0 aromatic heterocycles. The molecule has 0 bridgehead atoms. The molecule has 1 atom stereocenters. The summed E-state index contributed by atoms with van der Waals surface area (Å²) >= 11 is 1.77. The molecule has 2 heterocycles. The van der Waals surface area contributed by atoms with E-state index in [1.807, 2.05) is 6.07 Å². The Labute approximate surface area is 211 Å². The lowest BCUT2D eigenvalue weighted by Gasteiger charge is -2.36. The Kier molecular flexibility index (Phi) is 10.6. The minimum absolute atomic E-state index is 0.0182. The molecule has 2 aliphatic heterocycles. The van der Waals surface area contributed by atoms with Crippen LogP contribution in [-0.4, -0.2) is 35.3 Å². The van der Waals surface area contributed by atoms with Crippen LogP contribution in [0.15, 0.2) is 57.7 Å². The Morgan fingerprint density at radius 1 is 1.21 bits per heavy atom. The number of hydrogen-bond acceptors (Lipinski definition) is 5. The largest absolute Gasteiger partial charge is 0.493 e. The summed E-state index contributed by atoms with van der Waals surface area (Å²) in [5.74, 6) is 1.33. The summed E-state index contributed by atoms with van der Waals surface area (Å²) < 4.78 is 14.0. The summed E-state index contributed by atoms with van der Waals surface area (Å²) in [7, 11) is 0. The van der Waals surface area contributed by atoms with Crippen molar-refractivity contribution >= 4 is 11.9 Å². The molecule has 0 aliphatic carbocycles.